The van der Waals surface area contributed by atoms with Gasteiger partial charge in [-0.25, -0.2) is 0 Å². The van der Waals surface area contributed by atoms with E-state index in [0.29, 0.717) is 23.3 Å². The molecule has 24 heavy (non-hydrogen) atoms. The van der Waals surface area contributed by atoms with Gasteiger partial charge >= 0.3 is 0 Å². The molecule has 1 aromatic carbocycles. The van der Waals surface area contributed by atoms with Crippen molar-refractivity contribution in [3.8, 4) is 10.4 Å². The van der Waals surface area contributed by atoms with Gasteiger partial charge in [-0.2, -0.15) is 0 Å². The van der Waals surface area contributed by atoms with E-state index in [4.69, 9.17) is 12.2 Å². The fraction of sp³-hybridized carbons (Fsp3) is 0.389. The number of amides is 1. The van der Waals surface area contributed by atoms with Gasteiger partial charge in [-0.15, -0.1) is 11.3 Å². The Morgan fingerprint density at radius 3 is 2.46 bits per heavy atom. The Bertz CT molecular complexity index is 761. The second kappa shape index (κ2) is 8.89. The van der Waals surface area contributed by atoms with Crippen LogP contribution in [0.3, 0.4) is 0 Å². The normalized spacial score (nSPS) is 10.6. The molecule has 0 saturated carbocycles. The van der Waals surface area contributed by atoms with Crippen LogP contribution in [0.4, 0.5) is 0 Å². The first-order valence-corrected chi connectivity index (χ1v) is 9.37. The van der Waals surface area contributed by atoms with Crippen molar-refractivity contribution in [2.75, 3.05) is 13.1 Å². The molecule has 0 aliphatic carbocycles. The zero-order valence-corrected chi connectivity index (χ0v) is 15.7. The number of rotatable bonds is 7. The molecule has 0 saturated heterocycles. The third kappa shape index (κ3) is 4.61. The molecule has 0 spiro atoms. The molecule has 0 radical (unpaired) electrons. The first kappa shape index (κ1) is 18.5. The predicted molar refractivity (Wildman–Crippen MR) is 102 cm³/mol. The van der Waals surface area contributed by atoms with Crippen LogP contribution in [0.25, 0.3) is 10.4 Å². The molecule has 0 aliphatic heterocycles. The van der Waals surface area contributed by atoms with Crippen molar-refractivity contribution in [1.29, 1.82) is 0 Å². The lowest BCUT2D eigenvalue weighted by atomic mass is 10.2. The predicted octanol–water partition coefficient (Wildman–Crippen LogP) is 3.95. The number of carbonyl (C=O) groups is 1. The molecule has 128 valence electrons. The average Bonchev–Trinajstić information content (AvgIpc) is 2.59. The van der Waals surface area contributed by atoms with Gasteiger partial charge in [0.05, 0.1) is 0 Å². The summed E-state index contributed by atoms with van der Waals surface area (Å²) in [5.41, 5.74) is 0.891. The SMILES string of the molecule is CCN(CC)C(=O)CCCn1c(=O)cc(-c2ccccc2)sc1=S. The highest BCUT2D eigenvalue weighted by molar-refractivity contribution is 7.73. The van der Waals surface area contributed by atoms with Crippen LogP contribution in [-0.4, -0.2) is 28.5 Å². The Labute approximate surface area is 151 Å². The van der Waals surface area contributed by atoms with Crippen molar-refractivity contribution in [2.24, 2.45) is 0 Å². The van der Waals surface area contributed by atoms with E-state index in [9.17, 15) is 9.59 Å². The Balaban J connectivity index is 2.09. The molecular formula is C18H22N2O2S2. The van der Waals surface area contributed by atoms with Crippen LogP contribution in [0.1, 0.15) is 26.7 Å². The van der Waals surface area contributed by atoms with Crippen molar-refractivity contribution >= 4 is 29.5 Å². The Morgan fingerprint density at radius 1 is 1.21 bits per heavy atom. The van der Waals surface area contributed by atoms with E-state index in [1.807, 2.05) is 44.2 Å². The summed E-state index contributed by atoms with van der Waals surface area (Å²) in [5.74, 6) is 0.128. The van der Waals surface area contributed by atoms with Crippen LogP contribution in [0.2, 0.25) is 0 Å². The molecule has 0 unspecified atom stereocenters. The average molecular weight is 363 g/mol. The second-order valence-electron chi connectivity index (χ2n) is 5.40. The Hall–Kier alpha value is -1.79. The highest BCUT2D eigenvalue weighted by atomic mass is 32.1. The van der Waals surface area contributed by atoms with Gasteiger partial charge in [-0.1, -0.05) is 30.3 Å². The van der Waals surface area contributed by atoms with E-state index in [1.165, 1.54) is 11.3 Å². The highest BCUT2D eigenvalue weighted by Gasteiger charge is 2.10. The maximum atomic E-state index is 12.4. The van der Waals surface area contributed by atoms with E-state index in [-0.39, 0.29) is 11.5 Å². The van der Waals surface area contributed by atoms with Crippen LogP contribution in [0, 0.1) is 3.95 Å². The van der Waals surface area contributed by atoms with Crippen LogP contribution in [-0.2, 0) is 11.3 Å². The first-order valence-electron chi connectivity index (χ1n) is 8.15. The topological polar surface area (TPSA) is 42.3 Å². The molecule has 0 fully saturated rings. The fourth-order valence-corrected chi connectivity index (χ4v) is 3.87. The smallest absolute Gasteiger partial charge is 0.253 e. The minimum Gasteiger partial charge on any atom is -0.343 e. The third-order valence-corrected chi connectivity index (χ3v) is 5.32. The largest absolute Gasteiger partial charge is 0.343 e. The van der Waals surface area contributed by atoms with Gasteiger partial charge < -0.3 is 4.90 Å². The van der Waals surface area contributed by atoms with Crippen molar-refractivity contribution in [2.45, 2.75) is 33.2 Å². The summed E-state index contributed by atoms with van der Waals surface area (Å²) in [5, 5.41) is 0. The fourth-order valence-electron chi connectivity index (χ4n) is 2.53. The molecule has 4 nitrogen and oxygen atoms in total. The van der Waals surface area contributed by atoms with Gasteiger partial charge in [0.25, 0.3) is 5.56 Å². The molecule has 0 atom stereocenters. The first-order chi connectivity index (χ1) is 11.6. The molecule has 2 aromatic rings. The molecule has 1 amide bonds. The van der Waals surface area contributed by atoms with Gasteiger partial charge in [0.2, 0.25) is 5.91 Å². The molecule has 0 bridgehead atoms. The monoisotopic (exact) mass is 362 g/mol. The van der Waals surface area contributed by atoms with Crippen LogP contribution < -0.4 is 5.56 Å². The lowest BCUT2D eigenvalue weighted by molar-refractivity contribution is -0.130. The third-order valence-electron chi connectivity index (χ3n) is 3.89. The van der Waals surface area contributed by atoms with Crippen molar-refractivity contribution < 1.29 is 4.79 Å². The Kier molecular flexibility index (Phi) is 6.87. The summed E-state index contributed by atoms with van der Waals surface area (Å²) in [4.78, 5) is 27.1. The van der Waals surface area contributed by atoms with E-state index in [1.54, 1.807) is 15.5 Å². The zero-order chi connectivity index (χ0) is 17.5. The number of carbonyl (C=O) groups excluding carboxylic acids is 1. The number of nitrogens with zero attached hydrogens (tertiary/aromatic N) is 2. The molecule has 1 aromatic heterocycles. The van der Waals surface area contributed by atoms with E-state index in [2.05, 4.69) is 0 Å². The number of hydrogen-bond acceptors (Lipinski definition) is 4. The number of aromatic nitrogens is 1. The summed E-state index contributed by atoms with van der Waals surface area (Å²) < 4.78 is 2.14. The summed E-state index contributed by atoms with van der Waals surface area (Å²) >= 11 is 6.82. The summed E-state index contributed by atoms with van der Waals surface area (Å²) in [6.07, 6.45) is 1.06. The van der Waals surface area contributed by atoms with Crippen molar-refractivity contribution in [3.63, 3.8) is 0 Å². The van der Waals surface area contributed by atoms with E-state index < -0.39 is 0 Å². The van der Waals surface area contributed by atoms with E-state index >= 15 is 0 Å². The van der Waals surface area contributed by atoms with Gasteiger partial charge in [-0.05, 0) is 38.0 Å². The van der Waals surface area contributed by atoms with E-state index in [0.717, 1.165) is 23.5 Å². The standard InChI is InChI=1S/C18H22N2O2S2/c1-3-19(4-2)16(21)11-8-12-20-17(22)13-15(24-18(20)23)14-9-6-5-7-10-14/h5-7,9-10,13H,3-4,8,11-12H2,1-2H3. The van der Waals surface area contributed by atoms with Gasteiger partial charge in [0.15, 0.2) is 3.95 Å². The lowest BCUT2D eigenvalue weighted by Gasteiger charge is -2.18. The number of benzene rings is 1. The van der Waals surface area contributed by atoms with Gasteiger partial charge in [-0.3, -0.25) is 14.2 Å². The second-order valence-corrected chi connectivity index (χ2v) is 7.08. The molecular weight excluding hydrogens is 340 g/mol. The zero-order valence-electron chi connectivity index (χ0n) is 14.0. The van der Waals surface area contributed by atoms with Gasteiger partial charge in [0.1, 0.15) is 0 Å². The van der Waals surface area contributed by atoms with Crippen LogP contribution in [0.5, 0.6) is 0 Å². The van der Waals surface area contributed by atoms with Crippen molar-refractivity contribution in [3.05, 3.63) is 50.7 Å². The minimum atomic E-state index is -0.104. The summed E-state index contributed by atoms with van der Waals surface area (Å²) in [6, 6.07) is 11.4. The minimum absolute atomic E-state index is 0.104. The summed E-state index contributed by atoms with van der Waals surface area (Å²) in [6.45, 7) is 5.86. The maximum Gasteiger partial charge on any atom is 0.253 e. The Morgan fingerprint density at radius 2 is 1.88 bits per heavy atom. The molecule has 1 heterocycles. The molecule has 0 aliphatic rings. The quantitative estimate of drug-likeness (QED) is 0.700. The highest BCUT2D eigenvalue weighted by Crippen LogP contribution is 2.22. The molecule has 0 N–H and O–H groups in total. The number of hydrogen-bond donors (Lipinski definition) is 0. The maximum absolute atomic E-state index is 12.4. The molecule has 2 rings (SSSR count). The lowest BCUT2D eigenvalue weighted by Crippen LogP contribution is -2.30. The summed E-state index contributed by atoms with van der Waals surface area (Å²) in [7, 11) is 0. The van der Waals surface area contributed by atoms with Crippen LogP contribution >= 0.6 is 23.6 Å². The van der Waals surface area contributed by atoms with Crippen molar-refractivity contribution in [1.82, 2.24) is 9.47 Å². The molecule has 6 heteroatoms. The van der Waals surface area contributed by atoms with Crippen LogP contribution in [0.15, 0.2) is 41.2 Å². The van der Waals surface area contributed by atoms with Gasteiger partial charge in [0, 0.05) is 37.0 Å².